The van der Waals surface area contributed by atoms with Gasteiger partial charge < -0.3 is 19.3 Å². The number of aromatic nitrogens is 2. The summed E-state index contributed by atoms with van der Waals surface area (Å²) >= 11 is 0. The van der Waals surface area contributed by atoms with Gasteiger partial charge in [-0.1, -0.05) is 29.8 Å². The fourth-order valence-corrected chi connectivity index (χ4v) is 4.43. The quantitative estimate of drug-likeness (QED) is 0.120. The molecular weight excluding hydrogens is 514 g/mol. The van der Waals surface area contributed by atoms with Crippen LogP contribution in [0.2, 0.25) is 0 Å². The van der Waals surface area contributed by atoms with E-state index in [2.05, 4.69) is 14.8 Å². The summed E-state index contributed by atoms with van der Waals surface area (Å²) in [5.41, 5.74) is 12.0. The lowest BCUT2D eigenvalue weighted by molar-refractivity contribution is -0.165. The monoisotopic (exact) mass is 549 g/mol. The van der Waals surface area contributed by atoms with Crippen molar-refractivity contribution in [3.8, 4) is 16.9 Å². The molecule has 4 rings (SSSR count). The predicted octanol–water partition coefficient (Wildman–Crippen LogP) is 5.62. The maximum Gasteiger partial charge on any atom is 0.293 e. The lowest BCUT2D eigenvalue weighted by Crippen LogP contribution is -2.36. The third-order valence-corrected chi connectivity index (χ3v) is 6.74. The molecule has 2 aromatic carbocycles. The van der Waals surface area contributed by atoms with Crippen LogP contribution < -0.4 is 0 Å². The first-order chi connectivity index (χ1) is 19.2. The van der Waals surface area contributed by atoms with Crippen LogP contribution in [0.15, 0.2) is 59.7 Å². The van der Waals surface area contributed by atoms with Crippen LogP contribution in [0.3, 0.4) is 0 Å². The number of aryl methyl sites for hydroxylation is 1. The molecule has 3 aromatic rings. The van der Waals surface area contributed by atoms with E-state index in [1.54, 1.807) is 43.0 Å². The van der Waals surface area contributed by atoms with E-state index in [9.17, 15) is 14.7 Å². The van der Waals surface area contributed by atoms with E-state index < -0.39 is 11.5 Å². The van der Waals surface area contributed by atoms with Crippen molar-refractivity contribution in [2.75, 3.05) is 13.7 Å². The maximum absolute atomic E-state index is 11.9. The van der Waals surface area contributed by atoms with Gasteiger partial charge in [0, 0.05) is 23.1 Å². The number of carbonyl (C=O) groups is 2. The first-order valence-corrected chi connectivity index (χ1v) is 13.1. The van der Waals surface area contributed by atoms with E-state index in [0.717, 1.165) is 22.5 Å². The number of hydrogen-bond donors (Lipinski definition) is 1. The van der Waals surface area contributed by atoms with Crippen LogP contribution in [-0.4, -0.2) is 53.4 Å². The van der Waals surface area contributed by atoms with E-state index in [-0.39, 0.29) is 18.0 Å². The third-order valence-electron chi connectivity index (χ3n) is 6.74. The number of nitrogens with zero attached hydrogens (tertiary/aromatic N) is 5. The van der Waals surface area contributed by atoms with E-state index in [4.69, 9.17) is 20.1 Å². The summed E-state index contributed by atoms with van der Waals surface area (Å²) in [4.78, 5) is 23.6. The Balaban J connectivity index is 0.000000810. The van der Waals surface area contributed by atoms with Crippen LogP contribution in [-0.2, 0) is 24.6 Å². The lowest BCUT2D eigenvalue weighted by atomic mass is 9.81. The summed E-state index contributed by atoms with van der Waals surface area (Å²) < 4.78 is 17.0. The molecular formula is C29H35N5O6. The number of ether oxygens (including phenoxy) is 3. The van der Waals surface area contributed by atoms with E-state index in [0.29, 0.717) is 44.5 Å². The molecule has 1 saturated carbocycles. The molecule has 1 aromatic heterocycles. The normalized spacial score (nSPS) is 19.0. The smallest absolute Gasteiger partial charge is 0.293 e. The Kier molecular flexibility index (Phi) is 11.0. The summed E-state index contributed by atoms with van der Waals surface area (Å²) in [5, 5.41) is 19.5. The second kappa shape index (κ2) is 14.4. The van der Waals surface area contributed by atoms with Gasteiger partial charge in [0.1, 0.15) is 5.60 Å². The van der Waals surface area contributed by atoms with Crippen LogP contribution in [0.1, 0.15) is 61.1 Å². The second-order valence-electron chi connectivity index (χ2n) is 9.46. The number of amides is 1. The fraction of sp³-hybridized carbons (Fsp3) is 0.414. The summed E-state index contributed by atoms with van der Waals surface area (Å²) in [6, 6.07) is 16.7. The molecule has 0 bridgehead atoms. The fourth-order valence-electron chi connectivity index (χ4n) is 4.43. The van der Waals surface area contributed by atoms with Crippen molar-refractivity contribution in [2.45, 2.75) is 64.4 Å². The Bertz CT molecular complexity index is 1310. The van der Waals surface area contributed by atoms with Crippen molar-refractivity contribution in [3.05, 3.63) is 81.9 Å². The van der Waals surface area contributed by atoms with Crippen LogP contribution in [0.4, 0.5) is 0 Å². The number of rotatable bonds is 9. The zero-order valence-electron chi connectivity index (χ0n) is 23.2. The molecule has 1 amide bonds. The molecule has 0 saturated heterocycles. The molecule has 11 nitrogen and oxygen atoms in total. The van der Waals surface area contributed by atoms with Crippen molar-refractivity contribution >= 4 is 12.4 Å². The van der Waals surface area contributed by atoms with Crippen LogP contribution >= 0.6 is 0 Å². The molecule has 1 N–H and O–H groups in total. The Labute approximate surface area is 233 Å². The number of carbonyl (C=O) groups excluding carboxylic acids is 2. The molecule has 0 radical (unpaired) electrons. The van der Waals surface area contributed by atoms with Crippen LogP contribution in [0.5, 0.6) is 0 Å². The van der Waals surface area contributed by atoms with Gasteiger partial charge in [0.05, 0.1) is 29.8 Å². The van der Waals surface area contributed by atoms with Crippen LogP contribution in [0, 0.1) is 6.92 Å². The number of hydrogen-bond acceptors (Lipinski definition) is 7. The summed E-state index contributed by atoms with van der Waals surface area (Å²) in [6.07, 6.45) is 2.20. The van der Waals surface area contributed by atoms with Gasteiger partial charge in [0.2, 0.25) is 5.91 Å². The third kappa shape index (κ3) is 7.77. The minimum Gasteiger partial charge on any atom is -0.468 e. The second-order valence-corrected chi connectivity index (χ2v) is 9.46. The summed E-state index contributed by atoms with van der Waals surface area (Å²) in [5.74, 6) is -0.643. The lowest BCUT2D eigenvalue weighted by Gasteiger charge is -2.35. The molecule has 11 heteroatoms. The first-order valence-electron chi connectivity index (χ1n) is 13.1. The average molecular weight is 550 g/mol. The molecule has 212 valence electrons. The van der Waals surface area contributed by atoms with Crippen molar-refractivity contribution in [2.24, 2.45) is 5.11 Å². The number of methoxy groups -OCH3 is 1. The average Bonchev–Trinajstić information content (AvgIpc) is 3.42. The van der Waals surface area contributed by atoms with Gasteiger partial charge in [-0.2, -0.15) is 5.10 Å². The molecule has 0 spiro atoms. The Hall–Kier alpha value is -4.02. The number of azide groups is 1. The highest BCUT2D eigenvalue weighted by Gasteiger charge is 2.38. The number of benzene rings is 2. The molecule has 1 fully saturated rings. The van der Waals surface area contributed by atoms with E-state index in [1.165, 1.54) is 0 Å². The minimum atomic E-state index is -1.07. The van der Waals surface area contributed by atoms with Gasteiger partial charge in [-0.05, 0) is 87.4 Å². The molecule has 1 aliphatic carbocycles. The van der Waals surface area contributed by atoms with Crippen molar-refractivity contribution in [3.63, 3.8) is 0 Å². The van der Waals surface area contributed by atoms with Crippen molar-refractivity contribution in [1.82, 2.24) is 9.78 Å². The Morgan fingerprint density at radius 3 is 2.40 bits per heavy atom. The van der Waals surface area contributed by atoms with Gasteiger partial charge in [-0.15, -0.1) is 0 Å². The van der Waals surface area contributed by atoms with Gasteiger partial charge in [-0.25, -0.2) is 4.68 Å². The highest BCUT2D eigenvalue weighted by Crippen LogP contribution is 2.39. The topological polar surface area (TPSA) is 149 Å². The standard InChI is InChI=1S/C26H29N5O4.C3H6O2/c1-17-4-6-19(7-5-17)23-16-24(26(33)14-12-22(13-15-26)35-18(2)34-3)29-31(23)21-10-8-20(9-11-21)25(32)28-30-27;1-2-5-3-4/h4-11,16,18,22,33H,12-15H2,1-3H3;3H,2H2,1H3. The van der Waals surface area contributed by atoms with E-state index >= 15 is 0 Å². The SMILES string of the molecule is CCOC=O.COC(C)OC1CCC(O)(c2cc(-c3ccc(C)cc3)n(-c3ccc(C(=O)N=[N+]=[N-])cc3)n2)CC1. The maximum atomic E-state index is 11.9. The Morgan fingerprint density at radius 1 is 1.23 bits per heavy atom. The first kappa shape index (κ1) is 30.5. The van der Waals surface area contributed by atoms with Crippen LogP contribution in [0.25, 0.3) is 27.4 Å². The van der Waals surface area contributed by atoms with Gasteiger partial charge in [0.25, 0.3) is 6.47 Å². The minimum absolute atomic E-state index is 0.0324. The van der Waals surface area contributed by atoms with Gasteiger partial charge in [-0.3, -0.25) is 9.59 Å². The molecule has 1 heterocycles. The highest BCUT2D eigenvalue weighted by molar-refractivity contribution is 5.95. The molecule has 0 aliphatic heterocycles. The van der Waals surface area contributed by atoms with Gasteiger partial charge in [0.15, 0.2) is 6.29 Å². The van der Waals surface area contributed by atoms with E-state index in [1.807, 2.05) is 44.2 Å². The summed E-state index contributed by atoms with van der Waals surface area (Å²) in [6.45, 7) is 6.55. The highest BCUT2D eigenvalue weighted by atomic mass is 16.7. The molecule has 1 unspecified atom stereocenters. The predicted molar refractivity (Wildman–Crippen MR) is 149 cm³/mol. The van der Waals surface area contributed by atoms with Crippen molar-refractivity contribution in [1.29, 1.82) is 0 Å². The Morgan fingerprint density at radius 2 is 1.88 bits per heavy atom. The molecule has 1 aliphatic rings. The number of aliphatic hydroxyl groups is 1. The zero-order chi connectivity index (χ0) is 29.1. The van der Waals surface area contributed by atoms with Crippen molar-refractivity contribution < 1.29 is 28.9 Å². The summed E-state index contributed by atoms with van der Waals surface area (Å²) in [7, 11) is 1.61. The largest absolute Gasteiger partial charge is 0.468 e. The molecule has 40 heavy (non-hydrogen) atoms. The molecule has 1 atom stereocenters. The zero-order valence-corrected chi connectivity index (χ0v) is 23.2. The van der Waals surface area contributed by atoms with Gasteiger partial charge >= 0.3 is 0 Å².